The topological polar surface area (TPSA) is 35.6 Å². The van der Waals surface area contributed by atoms with Gasteiger partial charge in [0.05, 0.1) is 5.54 Å². The Morgan fingerprint density at radius 3 is 2.50 bits per heavy atom. The van der Waals surface area contributed by atoms with Crippen LogP contribution in [0.1, 0.15) is 19.4 Å². The molecule has 1 aromatic carbocycles. The molecule has 0 saturated carbocycles. The molecule has 5 heteroatoms. The second-order valence-electron chi connectivity index (χ2n) is 5.86. The van der Waals surface area contributed by atoms with Gasteiger partial charge in [-0.2, -0.15) is 0 Å². The molecular formula is C15H22FN3O. The van der Waals surface area contributed by atoms with Crippen LogP contribution in [0.3, 0.4) is 0 Å². The highest BCUT2D eigenvalue weighted by atomic mass is 19.1. The van der Waals surface area contributed by atoms with Gasteiger partial charge in [0.1, 0.15) is 5.82 Å². The molecule has 0 spiro atoms. The molecule has 1 aromatic rings. The molecule has 1 heterocycles. The highest BCUT2D eigenvalue weighted by Gasteiger charge is 2.27. The Balaban J connectivity index is 2.02. The van der Waals surface area contributed by atoms with Gasteiger partial charge in [-0.3, -0.25) is 0 Å². The molecule has 2 amide bonds. The van der Waals surface area contributed by atoms with Crippen molar-refractivity contribution in [2.75, 3.05) is 33.2 Å². The van der Waals surface area contributed by atoms with Crippen LogP contribution in [0.2, 0.25) is 0 Å². The molecule has 0 aromatic heterocycles. The van der Waals surface area contributed by atoms with E-state index in [0.29, 0.717) is 0 Å². The van der Waals surface area contributed by atoms with Crippen LogP contribution in [0.15, 0.2) is 24.3 Å². The number of nitrogens with one attached hydrogen (secondary N) is 1. The number of piperazine rings is 1. The SMILES string of the molecule is CN1CCN(C(=O)NC(C)(C)c2cccc(F)c2)CC1. The largest absolute Gasteiger partial charge is 0.329 e. The van der Waals surface area contributed by atoms with Crippen molar-refractivity contribution in [1.82, 2.24) is 15.1 Å². The number of carbonyl (C=O) groups is 1. The summed E-state index contributed by atoms with van der Waals surface area (Å²) < 4.78 is 13.3. The van der Waals surface area contributed by atoms with Gasteiger partial charge >= 0.3 is 6.03 Å². The van der Waals surface area contributed by atoms with Gasteiger partial charge in [0.15, 0.2) is 0 Å². The first-order valence-electron chi connectivity index (χ1n) is 6.90. The standard InChI is InChI=1S/C15H22FN3O/c1-15(2,12-5-4-6-13(16)11-12)17-14(20)19-9-7-18(3)8-10-19/h4-6,11H,7-10H2,1-3H3,(H,17,20). The lowest BCUT2D eigenvalue weighted by Crippen LogP contribution is -2.54. The number of urea groups is 1. The molecule has 4 nitrogen and oxygen atoms in total. The summed E-state index contributed by atoms with van der Waals surface area (Å²) in [5.41, 5.74) is 0.169. The van der Waals surface area contributed by atoms with E-state index in [-0.39, 0.29) is 11.8 Å². The fraction of sp³-hybridized carbons (Fsp3) is 0.533. The Morgan fingerprint density at radius 1 is 1.25 bits per heavy atom. The third-order valence-corrected chi connectivity index (χ3v) is 3.76. The van der Waals surface area contributed by atoms with Crippen LogP contribution < -0.4 is 5.32 Å². The van der Waals surface area contributed by atoms with Gasteiger partial charge in [-0.15, -0.1) is 0 Å². The Morgan fingerprint density at radius 2 is 1.90 bits per heavy atom. The smallest absolute Gasteiger partial charge is 0.318 e. The quantitative estimate of drug-likeness (QED) is 0.899. The lowest BCUT2D eigenvalue weighted by molar-refractivity contribution is 0.147. The molecule has 1 saturated heterocycles. The molecule has 0 atom stereocenters. The first kappa shape index (κ1) is 14.8. The zero-order valence-corrected chi connectivity index (χ0v) is 12.3. The van der Waals surface area contributed by atoms with Gasteiger partial charge < -0.3 is 15.1 Å². The molecule has 1 aliphatic rings. The summed E-state index contributed by atoms with van der Waals surface area (Å²) in [5, 5.41) is 2.99. The molecule has 0 aliphatic carbocycles. The number of amides is 2. The number of hydrogen-bond acceptors (Lipinski definition) is 2. The van der Waals surface area contributed by atoms with E-state index >= 15 is 0 Å². The van der Waals surface area contributed by atoms with Gasteiger partial charge in [-0.1, -0.05) is 12.1 Å². The number of rotatable bonds is 2. The number of hydrogen-bond donors (Lipinski definition) is 1. The van der Waals surface area contributed by atoms with E-state index in [1.165, 1.54) is 12.1 Å². The normalized spacial score (nSPS) is 17.1. The van der Waals surface area contributed by atoms with E-state index < -0.39 is 5.54 Å². The maximum absolute atomic E-state index is 13.3. The van der Waals surface area contributed by atoms with Crippen LogP contribution in [0.4, 0.5) is 9.18 Å². The van der Waals surface area contributed by atoms with E-state index in [4.69, 9.17) is 0 Å². The van der Waals surface area contributed by atoms with E-state index in [1.54, 1.807) is 11.0 Å². The Labute approximate surface area is 119 Å². The summed E-state index contributed by atoms with van der Waals surface area (Å²) in [6, 6.07) is 6.26. The fourth-order valence-corrected chi connectivity index (χ4v) is 2.31. The van der Waals surface area contributed by atoms with Crippen LogP contribution in [0, 0.1) is 5.82 Å². The highest BCUT2D eigenvalue weighted by Crippen LogP contribution is 2.21. The zero-order valence-electron chi connectivity index (χ0n) is 12.3. The summed E-state index contributed by atoms with van der Waals surface area (Å²) in [4.78, 5) is 16.3. The summed E-state index contributed by atoms with van der Waals surface area (Å²) in [5.74, 6) is -0.288. The Hall–Kier alpha value is -1.62. The van der Waals surface area contributed by atoms with Crippen molar-refractivity contribution in [3.8, 4) is 0 Å². The maximum atomic E-state index is 13.3. The Kier molecular flexibility index (Phi) is 4.28. The lowest BCUT2D eigenvalue weighted by atomic mass is 9.94. The molecule has 0 radical (unpaired) electrons. The molecule has 20 heavy (non-hydrogen) atoms. The average Bonchev–Trinajstić information content (AvgIpc) is 2.39. The predicted molar refractivity (Wildman–Crippen MR) is 77.0 cm³/mol. The van der Waals surface area contributed by atoms with E-state index in [2.05, 4.69) is 10.2 Å². The molecule has 1 aliphatic heterocycles. The van der Waals surface area contributed by atoms with Crippen LogP contribution in [0.25, 0.3) is 0 Å². The van der Waals surface area contributed by atoms with Crippen LogP contribution in [0.5, 0.6) is 0 Å². The third kappa shape index (κ3) is 3.48. The molecule has 0 bridgehead atoms. The van der Waals surface area contributed by atoms with Gasteiger partial charge in [-0.05, 0) is 38.6 Å². The van der Waals surface area contributed by atoms with Crippen molar-refractivity contribution < 1.29 is 9.18 Å². The summed E-state index contributed by atoms with van der Waals surface area (Å²) in [6.07, 6.45) is 0. The summed E-state index contributed by atoms with van der Waals surface area (Å²) >= 11 is 0. The second-order valence-corrected chi connectivity index (χ2v) is 5.86. The summed E-state index contributed by atoms with van der Waals surface area (Å²) in [7, 11) is 2.05. The predicted octanol–water partition coefficient (Wildman–Crippen LogP) is 2.02. The van der Waals surface area contributed by atoms with Crippen LogP contribution >= 0.6 is 0 Å². The first-order chi connectivity index (χ1) is 9.38. The molecular weight excluding hydrogens is 257 g/mol. The molecule has 0 unspecified atom stereocenters. The number of likely N-dealkylation sites (N-methyl/N-ethyl adjacent to an activating group) is 1. The highest BCUT2D eigenvalue weighted by molar-refractivity contribution is 5.75. The van der Waals surface area contributed by atoms with Crippen molar-refractivity contribution in [2.45, 2.75) is 19.4 Å². The van der Waals surface area contributed by atoms with E-state index in [0.717, 1.165) is 31.7 Å². The number of benzene rings is 1. The van der Waals surface area contributed by atoms with Crippen molar-refractivity contribution in [2.24, 2.45) is 0 Å². The molecule has 1 N–H and O–H groups in total. The van der Waals surface area contributed by atoms with E-state index in [1.807, 2.05) is 27.0 Å². The average molecular weight is 279 g/mol. The number of carbonyl (C=O) groups excluding carboxylic acids is 1. The minimum atomic E-state index is -0.595. The third-order valence-electron chi connectivity index (χ3n) is 3.76. The van der Waals surface area contributed by atoms with Gasteiger partial charge in [-0.25, -0.2) is 9.18 Å². The molecule has 2 rings (SSSR count). The van der Waals surface area contributed by atoms with Crippen LogP contribution in [-0.2, 0) is 5.54 Å². The van der Waals surface area contributed by atoms with Crippen molar-refractivity contribution in [3.05, 3.63) is 35.6 Å². The minimum absolute atomic E-state index is 0.0904. The number of nitrogens with zero attached hydrogens (tertiary/aromatic N) is 2. The number of halogens is 1. The zero-order chi connectivity index (χ0) is 14.8. The van der Waals surface area contributed by atoms with Gasteiger partial charge in [0.25, 0.3) is 0 Å². The second kappa shape index (κ2) is 5.79. The Bertz CT molecular complexity index is 482. The maximum Gasteiger partial charge on any atom is 0.318 e. The van der Waals surface area contributed by atoms with Gasteiger partial charge in [0.2, 0.25) is 0 Å². The fourth-order valence-electron chi connectivity index (χ4n) is 2.31. The minimum Gasteiger partial charge on any atom is -0.329 e. The molecule has 1 fully saturated rings. The summed E-state index contributed by atoms with van der Waals surface area (Å²) in [6.45, 7) is 6.98. The monoisotopic (exact) mass is 279 g/mol. The van der Waals surface area contributed by atoms with E-state index in [9.17, 15) is 9.18 Å². The van der Waals surface area contributed by atoms with Gasteiger partial charge in [0, 0.05) is 26.2 Å². The van der Waals surface area contributed by atoms with Crippen molar-refractivity contribution in [1.29, 1.82) is 0 Å². The van der Waals surface area contributed by atoms with Crippen molar-refractivity contribution >= 4 is 6.03 Å². The van der Waals surface area contributed by atoms with Crippen LogP contribution in [-0.4, -0.2) is 49.1 Å². The van der Waals surface area contributed by atoms with Crippen molar-refractivity contribution in [3.63, 3.8) is 0 Å². The molecule has 110 valence electrons. The first-order valence-corrected chi connectivity index (χ1v) is 6.90. The lowest BCUT2D eigenvalue weighted by Gasteiger charge is -2.35.